The quantitative estimate of drug-likeness (QED) is 0.277. The molecule has 19 heavy (non-hydrogen) atoms. The van der Waals surface area contributed by atoms with E-state index in [0.717, 1.165) is 0 Å². The minimum atomic E-state index is -0.648. The number of hydrogen-bond donors (Lipinski definition) is 2. The molecule has 0 saturated heterocycles. The van der Waals surface area contributed by atoms with Gasteiger partial charge in [-0.05, 0) is 6.92 Å². The van der Waals surface area contributed by atoms with E-state index in [1.807, 2.05) is 0 Å². The third kappa shape index (κ3) is 5.68. The molecular formula is C9H13ClN6NaO2+. The Morgan fingerprint density at radius 1 is 1.63 bits per heavy atom. The third-order valence-electron chi connectivity index (χ3n) is 2.08. The number of halogens is 1. The van der Waals surface area contributed by atoms with E-state index in [0.29, 0.717) is 16.4 Å². The van der Waals surface area contributed by atoms with Gasteiger partial charge in [0, 0.05) is 24.2 Å². The molecule has 3 N–H and O–H groups in total. The number of nitroso groups, excluding NO2 is 1. The van der Waals surface area contributed by atoms with Crippen LogP contribution in [-0.4, -0.2) is 33.4 Å². The molecule has 1 rings (SSSR count). The number of carbonyl (C=O) groups is 1. The summed E-state index contributed by atoms with van der Waals surface area (Å²) in [5.74, 6) is 0.946. The average Bonchev–Trinajstić information content (AvgIpc) is 2.34. The van der Waals surface area contributed by atoms with Gasteiger partial charge >= 0.3 is 35.6 Å². The Morgan fingerprint density at radius 3 is 2.84 bits per heavy atom. The molecule has 0 atom stereocenters. The minimum Gasteiger partial charge on any atom is -0.383 e. The van der Waals surface area contributed by atoms with E-state index in [9.17, 15) is 9.70 Å². The van der Waals surface area contributed by atoms with Crippen molar-refractivity contribution in [2.24, 2.45) is 5.29 Å². The molecule has 0 spiro atoms. The summed E-state index contributed by atoms with van der Waals surface area (Å²) in [6.07, 6.45) is 1.51. The van der Waals surface area contributed by atoms with Gasteiger partial charge in [-0.3, -0.25) is 0 Å². The Balaban J connectivity index is 0.00000324. The molecule has 0 aromatic carbocycles. The topological polar surface area (TPSA) is 114 Å². The number of nitrogen functional groups attached to an aromatic ring is 1. The average molecular weight is 296 g/mol. The first kappa shape index (κ1) is 18.0. The Kier molecular flexibility index (Phi) is 8.57. The summed E-state index contributed by atoms with van der Waals surface area (Å²) >= 11 is 5.42. The second-order valence-electron chi connectivity index (χ2n) is 3.38. The fourth-order valence-corrected chi connectivity index (χ4v) is 1.33. The van der Waals surface area contributed by atoms with Crippen LogP contribution in [0.25, 0.3) is 0 Å². The van der Waals surface area contributed by atoms with Crippen LogP contribution in [0, 0.1) is 11.8 Å². The van der Waals surface area contributed by atoms with Crippen LogP contribution < -0.4 is 40.6 Å². The summed E-state index contributed by atoms with van der Waals surface area (Å²) < 4.78 is 0. The van der Waals surface area contributed by atoms with Gasteiger partial charge in [0.25, 0.3) is 0 Å². The number of amides is 2. The first-order valence-electron chi connectivity index (χ1n) is 5.11. The van der Waals surface area contributed by atoms with Crippen LogP contribution in [0.4, 0.5) is 10.6 Å². The number of anilines is 1. The Labute approximate surface area is 137 Å². The summed E-state index contributed by atoms with van der Waals surface area (Å²) in [4.78, 5) is 29.8. The van der Waals surface area contributed by atoms with E-state index < -0.39 is 6.03 Å². The van der Waals surface area contributed by atoms with Crippen LogP contribution in [-0.2, 0) is 6.54 Å². The van der Waals surface area contributed by atoms with E-state index in [1.165, 1.54) is 6.20 Å². The third-order valence-corrected chi connectivity index (χ3v) is 2.25. The zero-order valence-corrected chi connectivity index (χ0v) is 13.5. The fraction of sp³-hybridized carbons (Fsp3) is 0.444. The van der Waals surface area contributed by atoms with Crippen molar-refractivity contribution in [3.05, 3.63) is 22.5 Å². The van der Waals surface area contributed by atoms with E-state index in [-0.39, 0.29) is 54.3 Å². The molecule has 2 amide bonds. The second kappa shape index (κ2) is 9.03. The smallest absolute Gasteiger partial charge is 0.383 e. The SMILES string of the molecule is Cc1ncc(CNC(=O)N(CCCl)N=O)c(N)n1.[Na+]. The van der Waals surface area contributed by atoms with E-state index in [4.69, 9.17) is 17.3 Å². The van der Waals surface area contributed by atoms with Gasteiger partial charge in [0.15, 0.2) is 0 Å². The number of alkyl halides is 1. The summed E-state index contributed by atoms with van der Waals surface area (Å²) in [7, 11) is 0. The summed E-state index contributed by atoms with van der Waals surface area (Å²) in [6.45, 7) is 1.85. The van der Waals surface area contributed by atoms with Gasteiger partial charge in [-0.15, -0.1) is 16.5 Å². The number of aryl methyl sites for hydroxylation is 1. The molecule has 0 aliphatic rings. The first-order valence-corrected chi connectivity index (χ1v) is 5.64. The van der Waals surface area contributed by atoms with Crippen LogP contribution in [0.1, 0.15) is 11.4 Å². The molecule has 0 radical (unpaired) electrons. The van der Waals surface area contributed by atoms with Crippen LogP contribution in [0.5, 0.6) is 0 Å². The number of aromatic nitrogens is 2. The molecule has 1 aromatic heterocycles. The van der Waals surface area contributed by atoms with Crippen molar-refractivity contribution in [1.82, 2.24) is 20.3 Å². The van der Waals surface area contributed by atoms with Gasteiger partial charge in [0.05, 0.1) is 11.8 Å². The van der Waals surface area contributed by atoms with Crippen molar-refractivity contribution in [3.63, 3.8) is 0 Å². The van der Waals surface area contributed by atoms with Crippen LogP contribution in [0.3, 0.4) is 0 Å². The van der Waals surface area contributed by atoms with E-state index in [1.54, 1.807) is 6.92 Å². The molecule has 0 aliphatic heterocycles. The molecule has 0 saturated carbocycles. The number of hydrogen-bond acceptors (Lipinski definition) is 6. The molecule has 8 nitrogen and oxygen atoms in total. The maximum atomic E-state index is 11.5. The number of nitrogens with one attached hydrogen (secondary N) is 1. The Bertz CT molecular complexity index is 447. The standard InChI is InChI=1S/C9H13ClN6O2.Na/c1-6-12-4-7(8(11)14-6)5-13-9(17)16(15-18)3-2-10;/h4H,2-3,5H2,1H3,(H,13,17)(H2,11,12,14);/q;+1. The molecule has 1 heterocycles. The van der Waals surface area contributed by atoms with Crippen LogP contribution in [0.2, 0.25) is 0 Å². The number of nitrogens with two attached hydrogens (primary N) is 1. The van der Waals surface area contributed by atoms with Crippen molar-refractivity contribution < 1.29 is 34.4 Å². The van der Waals surface area contributed by atoms with E-state index >= 15 is 0 Å². The first-order chi connectivity index (χ1) is 8.58. The fourth-order valence-electron chi connectivity index (χ4n) is 1.17. The Morgan fingerprint density at radius 2 is 2.32 bits per heavy atom. The largest absolute Gasteiger partial charge is 1.00 e. The van der Waals surface area contributed by atoms with Gasteiger partial charge < -0.3 is 11.1 Å². The van der Waals surface area contributed by atoms with Gasteiger partial charge in [0.1, 0.15) is 11.6 Å². The molecule has 98 valence electrons. The minimum absolute atomic E-state index is 0. The maximum absolute atomic E-state index is 11.5. The predicted molar refractivity (Wildman–Crippen MR) is 66.6 cm³/mol. The molecule has 0 bridgehead atoms. The number of rotatable bonds is 5. The second-order valence-corrected chi connectivity index (χ2v) is 3.76. The molecule has 1 aromatic rings. The monoisotopic (exact) mass is 295 g/mol. The summed E-state index contributed by atoms with van der Waals surface area (Å²) in [5.41, 5.74) is 6.21. The van der Waals surface area contributed by atoms with Crippen molar-refractivity contribution in [1.29, 1.82) is 0 Å². The van der Waals surface area contributed by atoms with Crippen molar-refractivity contribution in [2.45, 2.75) is 13.5 Å². The molecule has 0 aliphatic carbocycles. The molecule has 0 unspecified atom stereocenters. The maximum Gasteiger partial charge on any atom is 1.00 e. The van der Waals surface area contributed by atoms with Gasteiger partial charge in [-0.25, -0.2) is 14.8 Å². The zero-order valence-electron chi connectivity index (χ0n) is 10.8. The van der Waals surface area contributed by atoms with Crippen molar-refractivity contribution in [2.75, 3.05) is 18.2 Å². The molecule has 0 fully saturated rings. The molecular weight excluding hydrogens is 283 g/mol. The van der Waals surface area contributed by atoms with Gasteiger partial charge in [0.2, 0.25) is 0 Å². The number of nitrogens with zero attached hydrogens (tertiary/aromatic N) is 4. The van der Waals surface area contributed by atoms with Crippen molar-refractivity contribution in [3.8, 4) is 0 Å². The number of urea groups is 1. The summed E-state index contributed by atoms with van der Waals surface area (Å²) in [5, 5.41) is 5.71. The van der Waals surface area contributed by atoms with Crippen LogP contribution in [0.15, 0.2) is 11.5 Å². The Hall–Kier alpha value is -0.960. The zero-order chi connectivity index (χ0) is 13.5. The number of carbonyl (C=O) groups excluding carboxylic acids is 1. The van der Waals surface area contributed by atoms with Gasteiger partial charge in [-0.1, -0.05) is 0 Å². The van der Waals surface area contributed by atoms with Crippen LogP contribution >= 0.6 is 11.6 Å². The van der Waals surface area contributed by atoms with Gasteiger partial charge in [-0.2, -0.15) is 5.01 Å². The normalized spacial score (nSPS) is 9.37. The van der Waals surface area contributed by atoms with Crippen molar-refractivity contribution >= 4 is 23.4 Å². The molecule has 10 heteroatoms. The van der Waals surface area contributed by atoms with E-state index in [2.05, 4.69) is 20.6 Å². The summed E-state index contributed by atoms with van der Waals surface area (Å²) in [6, 6.07) is -0.648. The predicted octanol–water partition coefficient (Wildman–Crippen LogP) is -2.20.